The normalized spacial score (nSPS) is 17.0. The van der Waals surface area contributed by atoms with Gasteiger partial charge in [-0.1, -0.05) is 44.2 Å². The third kappa shape index (κ3) is 5.80. The van der Waals surface area contributed by atoms with Crippen molar-refractivity contribution in [3.63, 3.8) is 0 Å². The molecule has 3 rings (SSSR count). The molecule has 0 saturated heterocycles. The van der Waals surface area contributed by atoms with Gasteiger partial charge in [0, 0.05) is 18.0 Å². The summed E-state index contributed by atoms with van der Waals surface area (Å²) < 4.78 is 58.5. The van der Waals surface area contributed by atoms with E-state index in [-0.39, 0.29) is 42.5 Å². The zero-order chi connectivity index (χ0) is 24.3. The summed E-state index contributed by atoms with van der Waals surface area (Å²) in [5.74, 6) is -2.25. The SMILES string of the molecule is CC1=C(C(=O)OCC(C)C)C(c2cccc(C(F)(F)F)c2)CC(=O)N1Cc1ccc(F)cc1. The first-order valence-corrected chi connectivity index (χ1v) is 10.6. The molecule has 33 heavy (non-hydrogen) atoms. The Morgan fingerprint density at radius 2 is 1.82 bits per heavy atom. The van der Waals surface area contributed by atoms with Crippen LogP contribution in [0.15, 0.2) is 59.8 Å². The van der Waals surface area contributed by atoms with Crippen molar-refractivity contribution in [2.45, 2.75) is 45.8 Å². The molecule has 1 aliphatic rings. The molecule has 0 N–H and O–H groups in total. The Hall–Kier alpha value is -3.16. The van der Waals surface area contributed by atoms with Crippen molar-refractivity contribution in [1.82, 2.24) is 4.90 Å². The molecule has 0 fully saturated rings. The molecule has 1 amide bonds. The molecule has 1 aliphatic heterocycles. The maximum atomic E-state index is 13.3. The topological polar surface area (TPSA) is 46.6 Å². The van der Waals surface area contributed by atoms with Crippen LogP contribution in [0.3, 0.4) is 0 Å². The summed E-state index contributed by atoms with van der Waals surface area (Å²) >= 11 is 0. The summed E-state index contributed by atoms with van der Waals surface area (Å²) in [6.45, 7) is 5.54. The molecular formula is C25H25F4NO3. The monoisotopic (exact) mass is 463 g/mol. The van der Waals surface area contributed by atoms with E-state index in [4.69, 9.17) is 4.74 Å². The zero-order valence-electron chi connectivity index (χ0n) is 18.6. The van der Waals surface area contributed by atoms with Crippen molar-refractivity contribution in [3.8, 4) is 0 Å². The van der Waals surface area contributed by atoms with E-state index in [9.17, 15) is 27.2 Å². The third-order valence-electron chi connectivity index (χ3n) is 5.46. The van der Waals surface area contributed by atoms with Crippen LogP contribution < -0.4 is 0 Å². The number of alkyl halides is 3. The highest BCUT2D eigenvalue weighted by Gasteiger charge is 2.38. The number of rotatable bonds is 6. The number of carbonyl (C=O) groups is 2. The molecule has 0 bridgehead atoms. The first-order chi connectivity index (χ1) is 15.5. The van der Waals surface area contributed by atoms with E-state index < -0.39 is 29.4 Å². The van der Waals surface area contributed by atoms with Crippen LogP contribution in [0.1, 0.15) is 49.8 Å². The van der Waals surface area contributed by atoms with Crippen LogP contribution in [-0.4, -0.2) is 23.4 Å². The Kier molecular flexibility index (Phi) is 7.25. The number of hydrogen-bond acceptors (Lipinski definition) is 3. The van der Waals surface area contributed by atoms with Crippen molar-refractivity contribution in [2.24, 2.45) is 5.92 Å². The van der Waals surface area contributed by atoms with Crippen molar-refractivity contribution < 1.29 is 31.9 Å². The fourth-order valence-corrected chi connectivity index (χ4v) is 3.78. The molecule has 0 saturated carbocycles. The molecular weight excluding hydrogens is 438 g/mol. The Morgan fingerprint density at radius 1 is 1.15 bits per heavy atom. The number of amides is 1. The number of ether oxygens (including phenoxy) is 1. The first-order valence-electron chi connectivity index (χ1n) is 10.6. The van der Waals surface area contributed by atoms with E-state index in [2.05, 4.69) is 0 Å². The Bertz CT molecular complexity index is 1060. The molecule has 4 nitrogen and oxygen atoms in total. The van der Waals surface area contributed by atoms with Gasteiger partial charge in [0.1, 0.15) is 5.82 Å². The van der Waals surface area contributed by atoms with E-state index in [0.717, 1.165) is 12.1 Å². The summed E-state index contributed by atoms with van der Waals surface area (Å²) in [5, 5.41) is 0. The first kappa shape index (κ1) is 24.5. The molecule has 0 aromatic heterocycles. The highest BCUT2D eigenvalue weighted by Crippen LogP contribution is 2.39. The van der Waals surface area contributed by atoms with Crippen molar-refractivity contribution in [3.05, 3.63) is 82.3 Å². The van der Waals surface area contributed by atoms with Gasteiger partial charge in [-0.05, 0) is 42.2 Å². The highest BCUT2D eigenvalue weighted by molar-refractivity contribution is 5.95. The molecule has 2 aromatic rings. The lowest BCUT2D eigenvalue weighted by Gasteiger charge is -2.35. The Labute approximate surface area is 189 Å². The fourth-order valence-electron chi connectivity index (χ4n) is 3.78. The second-order valence-electron chi connectivity index (χ2n) is 8.48. The molecule has 1 heterocycles. The van der Waals surface area contributed by atoms with Gasteiger partial charge >= 0.3 is 12.1 Å². The number of hydrogen-bond donors (Lipinski definition) is 0. The summed E-state index contributed by atoms with van der Waals surface area (Å²) in [4.78, 5) is 27.4. The van der Waals surface area contributed by atoms with E-state index in [1.54, 1.807) is 6.92 Å². The molecule has 176 valence electrons. The maximum Gasteiger partial charge on any atom is 0.416 e. The lowest BCUT2D eigenvalue weighted by Crippen LogP contribution is -2.38. The van der Waals surface area contributed by atoms with Crippen LogP contribution in [0, 0.1) is 11.7 Å². The molecule has 0 aliphatic carbocycles. The van der Waals surface area contributed by atoms with Crippen molar-refractivity contribution >= 4 is 11.9 Å². The van der Waals surface area contributed by atoms with Gasteiger partial charge in [-0.15, -0.1) is 0 Å². The van der Waals surface area contributed by atoms with Gasteiger partial charge in [0.2, 0.25) is 5.91 Å². The van der Waals surface area contributed by atoms with E-state index in [1.807, 2.05) is 13.8 Å². The van der Waals surface area contributed by atoms with Crippen LogP contribution >= 0.6 is 0 Å². The fraction of sp³-hybridized carbons (Fsp3) is 0.360. The third-order valence-corrected chi connectivity index (χ3v) is 5.46. The quantitative estimate of drug-likeness (QED) is 0.400. The summed E-state index contributed by atoms with van der Waals surface area (Å²) in [7, 11) is 0. The average Bonchev–Trinajstić information content (AvgIpc) is 2.75. The van der Waals surface area contributed by atoms with Crippen molar-refractivity contribution in [1.29, 1.82) is 0 Å². The predicted molar refractivity (Wildman–Crippen MR) is 114 cm³/mol. The van der Waals surface area contributed by atoms with E-state index >= 15 is 0 Å². The van der Waals surface area contributed by atoms with Gasteiger partial charge in [0.25, 0.3) is 0 Å². The van der Waals surface area contributed by atoms with Gasteiger partial charge in [0.05, 0.1) is 24.3 Å². The number of allylic oxidation sites excluding steroid dienone is 1. The average molecular weight is 463 g/mol. The van der Waals surface area contributed by atoms with Gasteiger partial charge in [-0.25, -0.2) is 9.18 Å². The number of esters is 1. The lowest BCUT2D eigenvalue weighted by molar-refractivity contribution is -0.141. The van der Waals surface area contributed by atoms with Crippen LogP contribution in [0.4, 0.5) is 17.6 Å². The number of halogens is 4. The van der Waals surface area contributed by atoms with Gasteiger partial charge in [-0.2, -0.15) is 13.2 Å². The van der Waals surface area contributed by atoms with Gasteiger partial charge < -0.3 is 9.64 Å². The maximum absolute atomic E-state index is 13.3. The number of benzene rings is 2. The second-order valence-corrected chi connectivity index (χ2v) is 8.48. The lowest BCUT2D eigenvalue weighted by atomic mass is 9.83. The largest absolute Gasteiger partial charge is 0.462 e. The minimum Gasteiger partial charge on any atom is -0.462 e. The molecule has 1 unspecified atom stereocenters. The summed E-state index contributed by atoms with van der Waals surface area (Å²) in [5.41, 5.74) is 0.476. The predicted octanol–water partition coefficient (Wildman–Crippen LogP) is 5.83. The molecule has 0 spiro atoms. The number of nitrogens with zero attached hydrogens (tertiary/aromatic N) is 1. The Balaban J connectivity index is 2.04. The summed E-state index contributed by atoms with van der Waals surface area (Å²) in [6.07, 6.45) is -4.74. The van der Waals surface area contributed by atoms with E-state index in [0.29, 0.717) is 11.3 Å². The summed E-state index contributed by atoms with van der Waals surface area (Å²) in [6, 6.07) is 10.3. The smallest absolute Gasteiger partial charge is 0.416 e. The molecule has 2 aromatic carbocycles. The second kappa shape index (κ2) is 9.77. The molecule has 0 radical (unpaired) electrons. The zero-order valence-corrected chi connectivity index (χ0v) is 18.6. The van der Waals surface area contributed by atoms with Gasteiger partial charge in [-0.3, -0.25) is 4.79 Å². The van der Waals surface area contributed by atoms with E-state index in [1.165, 1.54) is 41.3 Å². The van der Waals surface area contributed by atoms with Crippen LogP contribution in [0.2, 0.25) is 0 Å². The van der Waals surface area contributed by atoms with Crippen LogP contribution in [0.25, 0.3) is 0 Å². The molecule has 8 heteroatoms. The highest BCUT2D eigenvalue weighted by atomic mass is 19.4. The van der Waals surface area contributed by atoms with Crippen LogP contribution in [-0.2, 0) is 27.0 Å². The van der Waals surface area contributed by atoms with Gasteiger partial charge in [0.15, 0.2) is 0 Å². The standard InChI is InChI=1S/C25H25F4NO3/c1-15(2)14-33-24(32)23-16(3)30(13-17-7-9-20(26)10-8-17)22(31)12-21(23)18-5-4-6-19(11-18)25(27,28)29/h4-11,15,21H,12-14H2,1-3H3. The van der Waals surface area contributed by atoms with Crippen molar-refractivity contribution in [2.75, 3.05) is 6.61 Å². The minimum atomic E-state index is -4.56. The Morgan fingerprint density at radius 3 is 2.42 bits per heavy atom. The minimum absolute atomic E-state index is 0.0578. The number of carbonyl (C=O) groups excluding carboxylic acids is 2. The molecule has 1 atom stereocenters. The van der Waals surface area contributed by atoms with Crippen LogP contribution in [0.5, 0.6) is 0 Å².